The molecule has 0 saturated heterocycles. The highest BCUT2D eigenvalue weighted by atomic mass is 31.0. The third-order valence-corrected chi connectivity index (χ3v) is 3.79. The first kappa shape index (κ1) is 19.4. The Bertz CT molecular complexity index is 426. The van der Waals surface area contributed by atoms with Crippen molar-refractivity contribution in [1.29, 1.82) is 0 Å². The Labute approximate surface area is 135 Å². The summed E-state index contributed by atoms with van der Waals surface area (Å²) in [5.74, 6) is 5.98. The van der Waals surface area contributed by atoms with Gasteiger partial charge in [-0.3, -0.25) is 11.3 Å². The number of para-hydroxylation sites is 1. The number of hydrazine groups is 1. The zero-order chi connectivity index (χ0) is 16.4. The standard InChI is InChI=1S/C14H27BN3O3P/c1-15(20)18-12(7-4-5-9-17-16)13(19)10-11-6-2-3-8-14(11)21-22/h2-3,6,8,12-13,17-20H,4-5,7,9-10,16,22H2,1H3. The van der Waals surface area contributed by atoms with E-state index in [4.69, 9.17) is 10.4 Å². The molecule has 0 fully saturated rings. The number of nitrogens with two attached hydrogens (primary N) is 1. The summed E-state index contributed by atoms with van der Waals surface area (Å²) in [4.78, 5) is 0. The van der Waals surface area contributed by atoms with Crippen molar-refractivity contribution >= 4 is 16.5 Å². The molecule has 6 nitrogen and oxygen atoms in total. The maximum Gasteiger partial charge on any atom is 0.373 e. The summed E-state index contributed by atoms with van der Waals surface area (Å²) in [7, 11) is 1.56. The molecule has 0 spiro atoms. The van der Waals surface area contributed by atoms with E-state index in [0.29, 0.717) is 6.42 Å². The smallest absolute Gasteiger partial charge is 0.373 e. The van der Waals surface area contributed by atoms with E-state index in [1.807, 2.05) is 24.3 Å². The number of aliphatic hydroxyl groups is 1. The zero-order valence-corrected chi connectivity index (χ0v) is 14.2. The monoisotopic (exact) mass is 327 g/mol. The number of benzene rings is 1. The largest absolute Gasteiger partial charge is 0.480 e. The topological polar surface area (TPSA) is 99.8 Å². The predicted octanol–water partition coefficient (Wildman–Crippen LogP) is 0.461. The second-order valence-corrected chi connectivity index (χ2v) is 5.63. The van der Waals surface area contributed by atoms with E-state index in [9.17, 15) is 10.1 Å². The molecule has 0 saturated carbocycles. The van der Waals surface area contributed by atoms with Crippen LogP contribution in [0.25, 0.3) is 0 Å². The predicted molar refractivity (Wildman–Crippen MR) is 93.3 cm³/mol. The van der Waals surface area contributed by atoms with Crippen LogP contribution < -0.4 is 21.0 Å². The summed E-state index contributed by atoms with van der Waals surface area (Å²) in [5, 5.41) is 23.1. The van der Waals surface area contributed by atoms with Gasteiger partial charge in [-0.2, -0.15) is 0 Å². The van der Waals surface area contributed by atoms with Crippen LogP contribution in [0.4, 0.5) is 0 Å². The van der Waals surface area contributed by atoms with Gasteiger partial charge in [-0.1, -0.05) is 24.6 Å². The molecule has 0 heterocycles. The average Bonchev–Trinajstić information content (AvgIpc) is 2.50. The van der Waals surface area contributed by atoms with Crippen LogP contribution in [0.3, 0.4) is 0 Å². The maximum atomic E-state index is 10.5. The Kier molecular flexibility index (Phi) is 9.63. The Morgan fingerprint density at radius 2 is 2.09 bits per heavy atom. The summed E-state index contributed by atoms with van der Waals surface area (Å²) in [5.41, 5.74) is 3.55. The lowest BCUT2D eigenvalue weighted by atomic mass is 9.84. The highest BCUT2D eigenvalue weighted by molar-refractivity contribution is 7.10. The second-order valence-electron chi connectivity index (χ2n) is 5.40. The SMILES string of the molecule is CB(O)NC(CCCCNN)C(O)Cc1ccccc1OP. The van der Waals surface area contributed by atoms with Gasteiger partial charge in [-0.25, -0.2) is 0 Å². The molecule has 1 aromatic rings. The number of hydrogen-bond donors (Lipinski definition) is 5. The van der Waals surface area contributed by atoms with Crippen LogP contribution in [0, 0.1) is 0 Å². The van der Waals surface area contributed by atoms with Gasteiger partial charge in [-0.05, 0) is 31.3 Å². The molecular formula is C14H27BN3O3P. The summed E-state index contributed by atoms with van der Waals surface area (Å²) in [6.07, 6.45) is 2.45. The summed E-state index contributed by atoms with van der Waals surface area (Å²) in [6, 6.07) is 7.41. The van der Waals surface area contributed by atoms with Crippen molar-refractivity contribution in [3.8, 4) is 5.75 Å². The fraction of sp³-hybridized carbons (Fsp3) is 0.571. The molecule has 0 bridgehead atoms. The van der Waals surface area contributed by atoms with Crippen molar-refractivity contribution in [3.63, 3.8) is 0 Å². The van der Waals surface area contributed by atoms with E-state index in [1.54, 1.807) is 6.82 Å². The van der Waals surface area contributed by atoms with Crippen molar-refractivity contribution in [1.82, 2.24) is 10.7 Å². The lowest BCUT2D eigenvalue weighted by molar-refractivity contribution is 0.129. The van der Waals surface area contributed by atoms with Crippen LogP contribution in [-0.2, 0) is 6.42 Å². The number of unbranched alkanes of at least 4 members (excludes halogenated alkanes) is 1. The minimum Gasteiger partial charge on any atom is -0.480 e. The van der Waals surface area contributed by atoms with Crippen LogP contribution >= 0.6 is 9.47 Å². The van der Waals surface area contributed by atoms with Gasteiger partial charge in [0.05, 0.1) is 15.6 Å². The molecule has 22 heavy (non-hydrogen) atoms. The van der Waals surface area contributed by atoms with Gasteiger partial charge in [0, 0.05) is 19.0 Å². The van der Waals surface area contributed by atoms with Gasteiger partial charge in [0.15, 0.2) is 0 Å². The number of nitrogens with one attached hydrogen (secondary N) is 2. The molecule has 0 radical (unpaired) electrons. The summed E-state index contributed by atoms with van der Waals surface area (Å²) < 4.78 is 5.23. The normalized spacial score (nSPS) is 13.7. The highest BCUT2D eigenvalue weighted by Gasteiger charge is 2.22. The number of aliphatic hydroxyl groups excluding tert-OH is 1. The molecule has 0 amide bonds. The van der Waals surface area contributed by atoms with E-state index in [2.05, 4.69) is 20.1 Å². The van der Waals surface area contributed by atoms with Crippen molar-refractivity contribution in [3.05, 3.63) is 29.8 Å². The third-order valence-electron chi connectivity index (χ3n) is 3.53. The Morgan fingerprint density at radius 3 is 2.73 bits per heavy atom. The molecule has 6 N–H and O–H groups in total. The molecule has 0 aliphatic rings. The number of rotatable bonds is 11. The lowest BCUT2D eigenvalue weighted by Gasteiger charge is -2.25. The fourth-order valence-electron chi connectivity index (χ4n) is 2.44. The van der Waals surface area contributed by atoms with E-state index in [-0.39, 0.29) is 6.04 Å². The fourth-order valence-corrected chi connectivity index (χ4v) is 2.67. The molecule has 8 heteroatoms. The van der Waals surface area contributed by atoms with E-state index in [0.717, 1.165) is 37.1 Å². The van der Waals surface area contributed by atoms with E-state index >= 15 is 0 Å². The Morgan fingerprint density at radius 1 is 1.36 bits per heavy atom. The maximum absolute atomic E-state index is 10.5. The quantitative estimate of drug-likeness (QED) is 0.133. The molecule has 124 valence electrons. The van der Waals surface area contributed by atoms with Gasteiger partial charge in [-0.15, -0.1) is 0 Å². The molecule has 0 aromatic heterocycles. The highest BCUT2D eigenvalue weighted by Crippen LogP contribution is 2.22. The van der Waals surface area contributed by atoms with Crippen molar-refractivity contribution in [2.24, 2.45) is 5.84 Å². The van der Waals surface area contributed by atoms with Crippen molar-refractivity contribution in [2.75, 3.05) is 6.54 Å². The summed E-state index contributed by atoms with van der Waals surface area (Å²) in [6.45, 7) is 2.39. The molecule has 3 unspecified atom stereocenters. The summed E-state index contributed by atoms with van der Waals surface area (Å²) >= 11 is 0. The molecule has 0 aliphatic heterocycles. The van der Waals surface area contributed by atoms with Gasteiger partial charge in [0.2, 0.25) is 0 Å². The third kappa shape index (κ3) is 7.05. The van der Waals surface area contributed by atoms with E-state index in [1.165, 1.54) is 0 Å². The van der Waals surface area contributed by atoms with Crippen LogP contribution in [0.5, 0.6) is 5.75 Å². The molecule has 3 atom stereocenters. The zero-order valence-electron chi connectivity index (χ0n) is 13.0. The van der Waals surface area contributed by atoms with Crippen LogP contribution in [0.1, 0.15) is 24.8 Å². The van der Waals surface area contributed by atoms with E-state index < -0.39 is 13.2 Å². The Hall–Kier alpha value is -0.685. The second kappa shape index (κ2) is 10.9. The molecule has 1 rings (SSSR count). The van der Waals surface area contributed by atoms with Gasteiger partial charge < -0.3 is 19.9 Å². The first-order valence-corrected chi connectivity index (χ1v) is 8.06. The van der Waals surface area contributed by atoms with Crippen molar-refractivity contribution in [2.45, 2.75) is 44.7 Å². The van der Waals surface area contributed by atoms with Crippen LogP contribution in [0.15, 0.2) is 24.3 Å². The van der Waals surface area contributed by atoms with Gasteiger partial charge >= 0.3 is 7.05 Å². The average molecular weight is 327 g/mol. The minimum atomic E-state index is -0.666. The van der Waals surface area contributed by atoms with Gasteiger partial charge in [0.1, 0.15) is 5.75 Å². The minimum absolute atomic E-state index is 0.185. The first-order valence-electron chi connectivity index (χ1n) is 7.58. The number of hydrogen-bond acceptors (Lipinski definition) is 6. The van der Waals surface area contributed by atoms with Crippen LogP contribution in [0.2, 0.25) is 6.82 Å². The molecule has 0 aliphatic carbocycles. The first-order chi connectivity index (χ1) is 10.6. The Balaban J connectivity index is 2.63. The molecular weight excluding hydrogens is 300 g/mol. The van der Waals surface area contributed by atoms with Gasteiger partial charge in [0.25, 0.3) is 0 Å². The van der Waals surface area contributed by atoms with Crippen LogP contribution in [-0.4, -0.2) is 35.9 Å². The molecule has 1 aromatic carbocycles. The lowest BCUT2D eigenvalue weighted by Crippen LogP contribution is -2.47. The van der Waals surface area contributed by atoms with Crippen molar-refractivity contribution < 1.29 is 14.7 Å².